The SMILES string of the molecule is CCCCC(I)(CC)P(c1ccccc1)[C@@H](C)C(CCC)[C@H](C)N(C)C. The van der Waals surface area contributed by atoms with Crippen LogP contribution in [0, 0.1) is 5.92 Å². The minimum absolute atomic E-state index is 0.222. The summed E-state index contributed by atoms with van der Waals surface area (Å²) in [5.74, 6) is 0.753. The van der Waals surface area contributed by atoms with Gasteiger partial charge in [0.05, 0.1) is 0 Å². The lowest BCUT2D eigenvalue weighted by molar-refractivity contribution is 0.214. The Morgan fingerprint density at radius 3 is 2.12 bits per heavy atom. The first-order valence-corrected chi connectivity index (χ1v) is 13.0. The Morgan fingerprint density at radius 1 is 1.04 bits per heavy atom. The number of rotatable bonds is 12. The summed E-state index contributed by atoms with van der Waals surface area (Å²) in [4.78, 5) is 2.43. The van der Waals surface area contributed by atoms with Gasteiger partial charge in [-0.15, -0.1) is 0 Å². The van der Waals surface area contributed by atoms with Gasteiger partial charge in [-0.2, -0.15) is 0 Å². The molecule has 150 valence electrons. The number of nitrogens with zero attached hydrogens (tertiary/aromatic N) is 1. The number of hydrogen-bond acceptors (Lipinski definition) is 1. The van der Waals surface area contributed by atoms with E-state index >= 15 is 0 Å². The number of hydrogen-bond donors (Lipinski definition) is 0. The van der Waals surface area contributed by atoms with Crippen molar-refractivity contribution in [1.29, 1.82) is 0 Å². The number of benzene rings is 1. The molecule has 3 heteroatoms. The van der Waals surface area contributed by atoms with Crippen LogP contribution in [0.4, 0.5) is 0 Å². The van der Waals surface area contributed by atoms with Gasteiger partial charge in [0, 0.05) is 9.20 Å². The molecule has 0 saturated carbocycles. The Hall–Kier alpha value is 0.340. The Balaban J connectivity index is 3.33. The van der Waals surface area contributed by atoms with Crippen molar-refractivity contribution in [2.75, 3.05) is 14.1 Å². The van der Waals surface area contributed by atoms with Crippen LogP contribution in [-0.4, -0.2) is 33.9 Å². The van der Waals surface area contributed by atoms with Gasteiger partial charge in [-0.25, -0.2) is 0 Å². The van der Waals surface area contributed by atoms with Crippen LogP contribution in [0.15, 0.2) is 30.3 Å². The summed E-state index contributed by atoms with van der Waals surface area (Å²) in [6, 6.07) is 12.1. The lowest BCUT2D eigenvalue weighted by Gasteiger charge is -2.45. The fraction of sp³-hybridized carbons (Fsp3) is 0.739. The predicted octanol–water partition coefficient (Wildman–Crippen LogP) is 7.28. The third-order valence-corrected chi connectivity index (χ3v) is 12.3. The highest BCUT2D eigenvalue weighted by Gasteiger charge is 2.41. The van der Waals surface area contributed by atoms with Gasteiger partial charge in [-0.3, -0.25) is 0 Å². The van der Waals surface area contributed by atoms with Gasteiger partial charge in [-0.05, 0) is 57.2 Å². The molecule has 0 spiro atoms. The molecule has 3 unspecified atom stereocenters. The largest absolute Gasteiger partial charge is 0.306 e. The van der Waals surface area contributed by atoms with Gasteiger partial charge in [0.15, 0.2) is 0 Å². The standard InChI is InChI=1S/C23H41INP/c1-8-11-18-23(24,10-3)26(21-16-13-12-14-17-21)20(5)22(15-9-2)19(4)25(6)7/h12-14,16-17,19-20,22H,8-11,15,18H2,1-7H3/t19-,20-,22?,23?,26?/m0/s1. The molecular formula is C23H41INP. The van der Waals surface area contributed by atoms with E-state index in [0.717, 1.165) is 11.6 Å². The van der Waals surface area contributed by atoms with E-state index < -0.39 is 0 Å². The van der Waals surface area contributed by atoms with Crippen molar-refractivity contribution in [2.24, 2.45) is 5.92 Å². The lowest BCUT2D eigenvalue weighted by Crippen LogP contribution is -2.41. The van der Waals surface area contributed by atoms with E-state index in [2.05, 4.69) is 107 Å². The topological polar surface area (TPSA) is 3.24 Å². The van der Waals surface area contributed by atoms with Crippen molar-refractivity contribution < 1.29 is 0 Å². The van der Waals surface area contributed by atoms with E-state index in [-0.39, 0.29) is 7.92 Å². The van der Waals surface area contributed by atoms with Gasteiger partial charge >= 0.3 is 0 Å². The molecule has 0 aromatic heterocycles. The molecule has 0 radical (unpaired) electrons. The Labute approximate surface area is 178 Å². The van der Waals surface area contributed by atoms with Crippen molar-refractivity contribution in [2.45, 2.75) is 88.0 Å². The second kappa shape index (κ2) is 12.0. The van der Waals surface area contributed by atoms with Crippen LogP contribution in [-0.2, 0) is 0 Å². The molecule has 0 aliphatic heterocycles. The summed E-state index contributed by atoms with van der Waals surface area (Å²) < 4.78 is 0.405. The molecule has 1 nitrogen and oxygen atoms in total. The lowest BCUT2D eigenvalue weighted by atomic mass is 9.92. The Bertz CT molecular complexity index is 492. The third-order valence-electron chi connectivity index (χ3n) is 6.00. The molecule has 5 atom stereocenters. The molecule has 0 aliphatic carbocycles. The molecule has 1 aromatic rings. The molecule has 0 N–H and O–H groups in total. The average molecular weight is 489 g/mol. The third kappa shape index (κ3) is 6.45. The first-order valence-electron chi connectivity index (χ1n) is 10.5. The highest BCUT2D eigenvalue weighted by molar-refractivity contribution is 14.1. The maximum atomic E-state index is 2.86. The van der Waals surface area contributed by atoms with Gasteiger partial charge < -0.3 is 4.90 Å². The summed E-state index contributed by atoms with van der Waals surface area (Å²) in [6.45, 7) is 12.1. The molecule has 1 aromatic carbocycles. The Morgan fingerprint density at radius 2 is 1.65 bits per heavy atom. The van der Waals surface area contributed by atoms with Crippen molar-refractivity contribution in [3.8, 4) is 0 Å². The number of alkyl halides is 1. The average Bonchev–Trinajstić information content (AvgIpc) is 2.64. The zero-order valence-electron chi connectivity index (χ0n) is 18.1. The van der Waals surface area contributed by atoms with Gasteiger partial charge in [0.25, 0.3) is 0 Å². The smallest absolute Gasteiger partial charge is 0.0461 e. The van der Waals surface area contributed by atoms with E-state index in [1.807, 2.05) is 0 Å². The van der Waals surface area contributed by atoms with E-state index in [1.165, 1.54) is 38.5 Å². The summed E-state index contributed by atoms with van der Waals surface area (Å²) >= 11 is 2.86. The van der Waals surface area contributed by atoms with E-state index in [9.17, 15) is 0 Å². The molecule has 0 saturated heterocycles. The monoisotopic (exact) mass is 489 g/mol. The molecule has 0 heterocycles. The summed E-state index contributed by atoms with van der Waals surface area (Å²) in [5, 5.41) is 1.61. The van der Waals surface area contributed by atoms with Crippen molar-refractivity contribution in [3.05, 3.63) is 30.3 Å². The second-order valence-corrected chi connectivity index (χ2v) is 13.8. The number of halogens is 1. The maximum Gasteiger partial charge on any atom is 0.0461 e. The number of unbranched alkanes of at least 4 members (excludes halogenated alkanes) is 1. The maximum absolute atomic E-state index is 2.86. The van der Waals surface area contributed by atoms with Gasteiger partial charge in [-0.1, -0.05) is 108 Å². The predicted molar refractivity (Wildman–Crippen MR) is 131 cm³/mol. The minimum atomic E-state index is -0.222. The van der Waals surface area contributed by atoms with Crippen molar-refractivity contribution in [1.82, 2.24) is 4.90 Å². The fourth-order valence-corrected chi connectivity index (χ4v) is 10.3. The summed E-state index contributed by atoms with van der Waals surface area (Å²) in [5.41, 5.74) is 0.735. The summed E-state index contributed by atoms with van der Waals surface area (Å²) in [6.07, 6.45) is 7.87. The van der Waals surface area contributed by atoms with Crippen LogP contribution in [0.2, 0.25) is 0 Å². The van der Waals surface area contributed by atoms with Crippen molar-refractivity contribution >= 4 is 35.8 Å². The van der Waals surface area contributed by atoms with Crippen molar-refractivity contribution in [3.63, 3.8) is 0 Å². The van der Waals surface area contributed by atoms with E-state index in [0.29, 0.717) is 9.20 Å². The molecule has 0 fully saturated rings. The Kier molecular flexibility index (Phi) is 11.3. The summed E-state index contributed by atoms with van der Waals surface area (Å²) in [7, 11) is 4.28. The van der Waals surface area contributed by atoms with E-state index in [4.69, 9.17) is 0 Å². The zero-order chi connectivity index (χ0) is 19.7. The van der Waals surface area contributed by atoms with Crippen LogP contribution in [0.1, 0.15) is 73.1 Å². The highest BCUT2D eigenvalue weighted by Crippen LogP contribution is 2.62. The van der Waals surface area contributed by atoms with Gasteiger partial charge in [0.1, 0.15) is 0 Å². The normalized spacial score (nSPS) is 19.0. The molecule has 1 rings (SSSR count). The van der Waals surface area contributed by atoms with E-state index in [1.54, 1.807) is 5.30 Å². The quantitative estimate of drug-likeness (QED) is 0.169. The van der Waals surface area contributed by atoms with Crippen LogP contribution in [0.25, 0.3) is 0 Å². The molecule has 26 heavy (non-hydrogen) atoms. The van der Waals surface area contributed by atoms with Crippen LogP contribution in [0.3, 0.4) is 0 Å². The van der Waals surface area contributed by atoms with Crippen LogP contribution >= 0.6 is 30.5 Å². The molecular weight excluding hydrogens is 448 g/mol. The molecule has 0 bridgehead atoms. The molecule has 0 amide bonds. The highest BCUT2D eigenvalue weighted by atomic mass is 127. The first kappa shape index (κ1) is 24.4. The molecule has 0 aliphatic rings. The van der Waals surface area contributed by atoms with Gasteiger partial charge in [0.2, 0.25) is 0 Å². The first-order chi connectivity index (χ1) is 12.3. The van der Waals surface area contributed by atoms with Crippen LogP contribution in [0.5, 0.6) is 0 Å². The fourth-order valence-electron chi connectivity index (χ4n) is 4.13. The zero-order valence-corrected chi connectivity index (χ0v) is 21.2. The second-order valence-electron chi connectivity index (χ2n) is 7.98. The van der Waals surface area contributed by atoms with Crippen LogP contribution < -0.4 is 5.30 Å². The minimum Gasteiger partial charge on any atom is -0.306 e.